The molecule has 0 amide bonds. The molecule has 0 radical (unpaired) electrons. The van der Waals surface area contributed by atoms with E-state index in [1.54, 1.807) is 5.56 Å². The number of hydrogen-bond acceptors (Lipinski definition) is 3. The van der Waals surface area contributed by atoms with Gasteiger partial charge in [0.2, 0.25) is 0 Å². The van der Waals surface area contributed by atoms with E-state index in [0.717, 1.165) is 42.6 Å². The van der Waals surface area contributed by atoms with Crippen LogP contribution in [0.15, 0.2) is 48.5 Å². The van der Waals surface area contributed by atoms with Crippen molar-refractivity contribution in [2.75, 3.05) is 13.7 Å². The zero-order valence-electron chi connectivity index (χ0n) is 25.0. The fourth-order valence-electron chi connectivity index (χ4n) is 7.51. The Morgan fingerprint density at radius 2 is 1.41 bits per heavy atom. The van der Waals surface area contributed by atoms with Crippen LogP contribution in [-0.4, -0.2) is 19.7 Å². The fourth-order valence-corrected chi connectivity index (χ4v) is 7.64. The van der Waals surface area contributed by atoms with Crippen molar-refractivity contribution in [3.8, 4) is 0 Å². The van der Waals surface area contributed by atoms with Gasteiger partial charge in [-0.2, -0.15) is 0 Å². The quantitative estimate of drug-likeness (QED) is 0.139. The maximum Gasteiger partial charge on any atom is 0.0610 e. The van der Waals surface area contributed by atoms with Gasteiger partial charge in [-0.05, 0) is 130 Å². The van der Waals surface area contributed by atoms with E-state index in [4.69, 9.17) is 4.18 Å². The Bertz CT molecular complexity index is 926. The number of nitrogens with one attached hydrogen (secondary N) is 1. The largest absolute Gasteiger partial charge is 0.318 e. The first kappa shape index (κ1) is 30.7. The lowest BCUT2D eigenvalue weighted by Gasteiger charge is -2.33. The van der Waals surface area contributed by atoms with Crippen LogP contribution in [-0.2, 0) is 10.6 Å². The minimum absolute atomic E-state index is 0.410. The molecule has 216 valence electrons. The molecule has 0 bridgehead atoms. The van der Waals surface area contributed by atoms with Gasteiger partial charge in [-0.3, -0.25) is 0 Å². The van der Waals surface area contributed by atoms with Crippen molar-refractivity contribution >= 4 is 12.9 Å². The molecule has 2 aliphatic carbocycles. The van der Waals surface area contributed by atoms with Gasteiger partial charge in [0.05, 0.1) is 6.61 Å². The molecule has 2 aliphatic rings. The first-order chi connectivity index (χ1) is 19.1. The average molecular weight is 550 g/mol. The normalized spacial score (nSPS) is 25.3. The van der Waals surface area contributed by atoms with Crippen molar-refractivity contribution in [2.24, 2.45) is 17.8 Å². The number of thiol groups is 1. The van der Waals surface area contributed by atoms with Crippen molar-refractivity contribution in [1.82, 2.24) is 5.32 Å². The summed E-state index contributed by atoms with van der Waals surface area (Å²) in [5, 5.41) is 3.47. The zero-order chi connectivity index (χ0) is 27.5. The van der Waals surface area contributed by atoms with Gasteiger partial charge in [0, 0.05) is 12.0 Å². The third-order valence-electron chi connectivity index (χ3n) is 10.2. The summed E-state index contributed by atoms with van der Waals surface area (Å²) < 4.78 is 5.14. The number of hydrogen-bond donors (Lipinski definition) is 2. The van der Waals surface area contributed by atoms with Crippen LogP contribution in [0.1, 0.15) is 131 Å². The molecular weight excluding hydrogens is 494 g/mol. The molecule has 2 aromatic rings. The molecule has 4 rings (SSSR count). The fraction of sp³-hybridized carbons (Fsp3) is 0.667. The summed E-state index contributed by atoms with van der Waals surface area (Å²) >= 11 is 4.00. The van der Waals surface area contributed by atoms with E-state index < -0.39 is 0 Å². The van der Waals surface area contributed by atoms with Crippen LogP contribution in [0, 0.1) is 17.8 Å². The standard InChI is InChI=1S/C36H55NOS/c1-4-5-7-35(30-15-9-27(2)10-16-30)32-19-21-33(22-20-32)36(8-6-25-38-39)31-17-11-28(12-18-31)26-29-13-23-34(37-3)24-14-29/h11-12,17-22,27,29-30,34-37,39H,4-10,13-16,23-26H2,1-3H3. The topological polar surface area (TPSA) is 21.3 Å². The summed E-state index contributed by atoms with van der Waals surface area (Å²) in [6, 6.07) is 20.2. The highest BCUT2D eigenvalue weighted by Gasteiger charge is 2.27. The highest BCUT2D eigenvalue weighted by molar-refractivity contribution is 7.75. The summed E-state index contributed by atoms with van der Waals surface area (Å²) in [4.78, 5) is 0. The lowest BCUT2D eigenvalue weighted by molar-refractivity contribution is 0.244. The monoisotopic (exact) mass is 549 g/mol. The van der Waals surface area contributed by atoms with Crippen LogP contribution >= 0.6 is 12.9 Å². The Morgan fingerprint density at radius 3 is 2.00 bits per heavy atom. The second kappa shape index (κ2) is 16.2. The predicted octanol–water partition coefficient (Wildman–Crippen LogP) is 9.88. The van der Waals surface area contributed by atoms with Crippen molar-refractivity contribution in [3.63, 3.8) is 0 Å². The van der Waals surface area contributed by atoms with Crippen LogP contribution in [0.3, 0.4) is 0 Å². The number of benzene rings is 2. The summed E-state index contributed by atoms with van der Waals surface area (Å²) in [6.45, 7) is 5.47. The molecule has 2 atom stereocenters. The first-order valence-electron chi connectivity index (χ1n) is 16.2. The van der Waals surface area contributed by atoms with E-state index in [9.17, 15) is 0 Å². The second-order valence-corrected chi connectivity index (χ2v) is 13.2. The summed E-state index contributed by atoms with van der Waals surface area (Å²) in [5.41, 5.74) is 5.96. The van der Waals surface area contributed by atoms with E-state index in [-0.39, 0.29) is 0 Å². The molecule has 2 unspecified atom stereocenters. The summed E-state index contributed by atoms with van der Waals surface area (Å²) in [5.74, 6) is 3.75. The molecular formula is C36H55NOS. The van der Waals surface area contributed by atoms with Crippen molar-refractivity contribution in [2.45, 2.75) is 122 Å². The smallest absolute Gasteiger partial charge is 0.0610 e. The lowest BCUT2D eigenvalue weighted by Crippen LogP contribution is -2.30. The van der Waals surface area contributed by atoms with Gasteiger partial charge in [-0.1, -0.05) is 88.1 Å². The summed E-state index contributed by atoms with van der Waals surface area (Å²) in [6.07, 6.45) is 18.3. The van der Waals surface area contributed by atoms with Crippen LogP contribution in [0.2, 0.25) is 0 Å². The maximum atomic E-state index is 5.14. The molecule has 39 heavy (non-hydrogen) atoms. The van der Waals surface area contributed by atoms with Crippen LogP contribution < -0.4 is 5.32 Å². The van der Waals surface area contributed by atoms with Gasteiger partial charge in [0.25, 0.3) is 0 Å². The third-order valence-corrected chi connectivity index (χ3v) is 10.3. The van der Waals surface area contributed by atoms with Crippen molar-refractivity contribution < 1.29 is 4.18 Å². The Kier molecular flexibility index (Phi) is 12.8. The highest BCUT2D eigenvalue weighted by Crippen LogP contribution is 2.41. The van der Waals surface area contributed by atoms with Gasteiger partial charge in [0.15, 0.2) is 0 Å². The van der Waals surface area contributed by atoms with Crippen LogP contribution in [0.4, 0.5) is 0 Å². The van der Waals surface area contributed by atoms with Gasteiger partial charge in [-0.25, -0.2) is 0 Å². The van der Waals surface area contributed by atoms with Crippen LogP contribution in [0.5, 0.6) is 0 Å². The molecule has 0 aliphatic heterocycles. The third kappa shape index (κ3) is 9.10. The first-order valence-corrected chi connectivity index (χ1v) is 16.6. The molecule has 2 aromatic carbocycles. The van der Waals surface area contributed by atoms with Crippen LogP contribution in [0.25, 0.3) is 0 Å². The molecule has 1 N–H and O–H groups in total. The van der Waals surface area contributed by atoms with E-state index in [1.807, 2.05) is 0 Å². The average Bonchev–Trinajstić information content (AvgIpc) is 2.98. The van der Waals surface area contributed by atoms with Gasteiger partial charge < -0.3 is 9.50 Å². The van der Waals surface area contributed by atoms with Gasteiger partial charge >= 0.3 is 0 Å². The molecule has 0 saturated heterocycles. The molecule has 2 fully saturated rings. The van der Waals surface area contributed by atoms with E-state index >= 15 is 0 Å². The Labute approximate surface area is 245 Å². The Morgan fingerprint density at radius 1 is 0.795 bits per heavy atom. The number of unbranched alkanes of at least 4 members (excludes halogenated alkanes) is 1. The minimum atomic E-state index is 0.410. The lowest BCUT2D eigenvalue weighted by atomic mass is 9.72. The molecule has 0 aromatic heterocycles. The molecule has 0 spiro atoms. The predicted molar refractivity (Wildman–Crippen MR) is 171 cm³/mol. The minimum Gasteiger partial charge on any atom is -0.318 e. The van der Waals surface area contributed by atoms with Crippen molar-refractivity contribution in [3.05, 3.63) is 70.8 Å². The van der Waals surface area contributed by atoms with Gasteiger partial charge in [0.1, 0.15) is 0 Å². The molecule has 2 saturated carbocycles. The van der Waals surface area contributed by atoms with E-state index in [0.29, 0.717) is 12.5 Å². The molecule has 3 heteroatoms. The second-order valence-electron chi connectivity index (χ2n) is 12.9. The Balaban J connectivity index is 1.46. The SMILES string of the molecule is CCCCC(c1ccc(C(CCCOS)c2ccc(CC3CCC(NC)CC3)cc2)cc1)C1CCC(C)CC1. The highest BCUT2D eigenvalue weighted by atomic mass is 32.1. The maximum absolute atomic E-state index is 5.14. The summed E-state index contributed by atoms with van der Waals surface area (Å²) in [7, 11) is 2.11. The number of rotatable bonds is 14. The molecule has 0 heterocycles. The van der Waals surface area contributed by atoms with Crippen molar-refractivity contribution in [1.29, 1.82) is 0 Å². The van der Waals surface area contributed by atoms with E-state index in [2.05, 4.69) is 87.7 Å². The van der Waals surface area contributed by atoms with E-state index in [1.165, 1.54) is 93.7 Å². The Hall–Kier alpha value is -1.29. The van der Waals surface area contributed by atoms with Gasteiger partial charge in [-0.15, -0.1) is 0 Å². The molecule has 2 nitrogen and oxygen atoms in total. The zero-order valence-corrected chi connectivity index (χ0v) is 25.9.